The molecule has 2 nitrogen and oxygen atoms in total. The van der Waals surface area contributed by atoms with Gasteiger partial charge in [0.05, 0.1) is 15.6 Å². The summed E-state index contributed by atoms with van der Waals surface area (Å²) in [6, 6.07) is 7.37. The van der Waals surface area contributed by atoms with Crippen LogP contribution < -0.4 is 4.74 Å². The Labute approximate surface area is 128 Å². The Kier molecular flexibility index (Phi) is 4.44. The molecular weight excluding hydrogens is 328 g/mol. The minimum Gasteiger partial charge on any atom is -0.457 e. The van der Waals surface area contributed by atoms with E-state index in [1.807, 2.05) is 0 Å². The second kappa shape index (κ2) is 5.95. The van der Waals surface area contributed by atoms with E-state index in [-0.39, 0.29) is 22.1 Å². The topological polar surface area (TPSA) is 26.3 Å². The third-order valence-corrected chi connectivity index (χ3v) is 3.23. The fourth-order valence-corrected chi connectivity index (χ4v) is 2.03. The van der Waals surface area contributed by atoms with E-state index in [1.54, 1.807) is 0 Å². The highest BCUT2D eigenvalue weighted by Gasteiger charge is 2.33. The maximum Gasteiger partial charge on any atom is 0.417 e. The molecule has 0 aliphatic carbocycles. The minimum absolute atomic E-state index is 0.0401. The second-order valence-electron chi connectivity index (χ2n) is 4.04. The number of rotatable bonds is 3. The molecule has 0 spiro atoms. The SMILES string of the molecule is O=Cc1ccc(Oc2ccc(Cl)c(C(F)(F)F)c2)cc1Cl. The van der Waals surface area contributed by atoms with Gasteiger partial charge in [0.2, 0.25) is 0 Å². The van der Waals surface area contributed by atoms with Gasteiger partial charge in [-0.3, -0.25) is 4.79 Å². The van der Waals surface area contributed by atoms with Crippen molar-refractivity contribution < 1.29 is 22.7 Å². The van der Waals surface area contributed by atoms with E-state index in [1.165, 1.54) is 24.3 Å². The van der Waals surface area contributed by atoms with Gasteiger partial charge >= 0.3 is 6.18 Å². The van der Waals surface area contributed by atoms with Crippen molar-refractivity contribution in [2.24, 2.45) is 0 Å². The molecule has 110 valence electrons. The molecule has 2 rings (SSSR count). The van der Waals surface area contributed by atoms with Crippen LogP contribution in [0.5, 0.6) is 11.5 Å². The highest BCUT2D eigenvalue weighted by molar-refractivity contribution is 6.33. The molecule has 0 atom stereocenters. The number of alkyl halides is 3. The second-order valence-corrected chi connectivity index (χ2v) is 4.86. The number of carbonyl (C=O) groups excluding carboxylic acids is 1. The van der Waals surface area contributed by atoms with Crippen LogP contribution >= 0.6 is 23.2 Å². The zero-order valence-electron chi connectivity index (χ0n) is 10.2. The Bertz CT molecular complexity index is 684. The number of hydrogen-bond acceptors (Lipinski definition) is 2. The largest absolute Gasteiger partial charge is 0.457 e. The van der Waals surface area contributed by atoms with E-state index in [4.69, 9.17) is 27.9 Å². The molecule has 21 heavy (non-hydrogen) atoms. The van der Waals surface area contributed by atoms with E-state index in [2.05, 4.69) is 0 Å². The standard InChI is InChI=1S/C14H7Cl2F3O2/c15-12-4-3-9(5-11(12)14(17,18)19)21-10-2-1-8(7-20)13(16)6-10/h1-7H. The van der Waals surface area contributed by atoms with Crippen molar-refractivity contribution in [3.05, 3.63) is 57.6 Å². The summed E-state index contributed by atoms with van der Waals surface area (Å²) in [5.41, 5.74) is -0.728. The molecule has 0 saturated heterocycles. The van der Waals surface area contributed by atoms with Gasteiger partial charge in [-0.2, -0.15) is 13.2 Å². The monoisotopic (exact) mass is 334 g/mol. The predicted molar refractivity (Wildman–Crippen MR) is 73.4 cm³/mol. The van der Waals surface area contributed by atoms with Crippen LogP contribution in [0.25, 0.3) is 0 Å². The molecule has 0 heterocycles. The molecule has 7 heteroatoms. The molecule has 2 aromatic carbocycles. The van der Waals surface area contributed by atoms with Gasteiger partial charge < -0.3 is 4.74 Å². The van der Waals surface area contributed by atoms with E-state index < -0.39 is 16.8 Å². The quantitative estimate of drug-likeness (QED) is 0.681. The molecule has 0 amide bonds. The summed E-state index contributed by atoms with van der Waals surface area (Å²) in [5, 5.41) is -0.267. The van der Waals surface area contributed by atoms with Crippen molar-refractivity contribution in [2.75, 3.05) is 0 Å². The van der Waals surface area contributed by atoms with E-state index in [0.717, 1.165) is 12.1 Å². The first kappa shape index (κ1) is 15.7. The summed E-state index contributed by atoms with van der Waals surface area (Å²) in [6.45, 7) is 0. The Morgan fingerprint density at radius 3 is 2.14 bits per heavy atom. The maximum absolute atomic E-state index is 12.7. The van der Waals surface area contributed by atoms with Crippen LogP contribution in [0, 0.1) is 0 Å². The van der Waals surface area contributed by atoms with E-state index >= 15 is 0 Å². The van der Waals surface area contributed by atoms with Gasteiger partial charge in [-0.1, -0.05) is 23.2 Å². The summed E-state index contributed by atoms with van der Waals surface area (Å²) < 4.78 is 43.5. The number of ether oxygens (including phenoxy) is 1. The highest BCUT2D eigenvalue weighted by atomic mass is 35.5. The number of benzene rings is 2. The summed E-state index contributed by atoms with van der Waals surface area (Å²) in [4.78, 5) is 10.6. The maximum atomic E-state index is 12.7. The van der Waals surface area contributed by atoms with Crippen molar-refractivity contribution in [3.8, 4) is 11.5 Å². The average molecular weight is 335 g/mol. The number of carbonyl (C=O) groups is 1. The van der Waals surface area contributed by atoms with Gasteiger partial charge in [0.15, 0.2) is 6.29 Å². The fourth-order valence-electron chi connectivity index (χ4n) is 1.59. The zero-order chi connectivity index (χ0) is 15.6. The normalized spacial score (nSPS) is 11.3. The lowest BCUT2D eigenvalue weighted by Gasteiger charge is -2.12. The number of halogens is 5. The van der Waals surface area contributed by atoms with Crippen molar-refractivity contribution in [1.82, 2.24) is 0 Å². The highest BCUT2D eigenvalue weighted by Crippen LogP contribution is 2.37. The third-order valence-electron chi connectivity index (χ3n) is 2.58. The summed E-state index contributed by atoms with van der Waals surface area (Å²) >= 11 is 11.3. The first-order chi connectivity index (χ1) is 9.81. The van der Waals surface area contributed by atoms with Crippen molar-refractivity contribution in [3.63, 3.8) is 0 Å². The van der Waals surface area contributed by atoms with Crippen LogP contribution in [0.4, 0.5) is 13.2 Å². The van der Waals surface area contributed by atoms with Gasteiger partial charge in [0.1, 0.15) is 11.5 Å². The first-order valence-corrected chi connectivity index (χ1v) is 6.36. The minimum atomic E-state index is -4.57. The van der Waals surface area contributed by atoms with Crippen LogP contribution in [0.15, 0.2) is 36.4 Å². The fraction of sp³-hybridized carbons (Fsp3) is 0.0714. The third kappa shape index (κ3) is 3.68. The average Bonchev–Trinajstić information content (AvgIpc) is 2.40. The lowest BCUT2D eigenvalue weighted by Crippen LogP contribution is -2.05. The Morgan fingerprint density at radius 2 is 1.57 bits per heavy atom. The molecule has 0 fully saturated rings. The van der Waals surface area contributed by atoms with Gasteiger partial charge in [0, 0.05) is 11.6 Å². The Morgan fingerprint density at radius 1 is 0.952 bits per heavy atom. The molecular formula is C14H7Cl2F3O2. The molecule has 0 N–H and O–H groups in total. The number of aldehydes is 1. The van der Waals surface area contributed by atoms with Crippen LogP contribution in [0.2, 0.25) is 10.0 Å². The van der Waals surface area contributed by atoms with Crippen LogP contribution in [0.1, 0.15) is 15.9 Å². The first-order valence-electron chi connectivity index (χ1n) is 5.60. The number of hydrogen-bond donors (Lipinski definition) is 0. The predicted octanol–water partition coefficient (Wildman–Crippen LogP) is 5.62. The smallest absolute Gasteiger partial charge is 0.417 e. The van der Waals surface area contributed by atoms with Crippen molar-refractivity contribution >= 4 is 29.5 Å². The van der Waals surface area contributed by atoms with Gasteiger partial charge in [-0.15, -0.1) is 0 Å². The summed E-state index contributed by atoms with van der Waals surface area (Å²) in [6.07, 6.45) is -4.01. The summed E-state index contributed by atoms with van der Waals surface area (Å²) in [5.74, 6) is 0.169. The lowest BCUT2D eigenvalue weighted by molar-refractivity contribution is -0.137. The Hall–Kier alpha value is -1.72. The van der Waals surface area contributed by atoms with Crippen LogP contribution in [0.3, 0.4) is 0 Å². The molecule has 0 radical (unpaired) electrons. The van der Waals surface area contributed by atoms with Gasteiger partial charge in [-0.05, 0) is 30.3 Å². The van der Waals surface area contributed by atoms with E-state index in [9.17, 15) is 18.0 Å². The molecule has 0 aromatic heterocycles. The Balaban J connectivity index is 2.32. The van der Waals surface area contributed by atoms with Crippen molar-refractivity contribution in [1.29, 1.82) is 0 Å². The molecule has 0 saturated carbocycles. The lowest BCUT2D eigenvalue weighted by atomic mass is 10.2. The van der Waals surface area contributed by atoms with Gasteiger partial charge in [-0.25, -0.2) is 0 Å². The van der Waals surface area contributed by atoms with E-state index in [0.29, 0.717) is 6.29 Å². The summed E-state index contributed by atoms with van der Waals surface area (Å²) in [7, 11) is 0. The molecule has 2 aromatic rings. The van der Waals surface area contributed by atoms with Crippen LogP contribution in [-0.2, 0) is 6.18 Å². The molecule has 0 aliphatic rings. The molecule has 0 unspecified atom stereocenters. The van der Waals surface area contributed by atoms with Crippen molar-refractivity contribution in [2.45, 2.75) is 6.18 Å². The molecule has 0 aliphatic heterocycles. The van der Waals surface area contributed by atoms with Crippen LogP contribution in [-0.4, -0.2) is 6.29 Å². The van der Waals surface area contributed by atoms with Gasteiger partial charge in [0.25, 0.3) is 0 Å². The zero-order valence-corrected chi connectivity index (χ0v) is 11.8. The molecule has 0 bridgehead atoms.